The topological polar surface area (TPSA) is 78.5 Å². The second kappa shape index (κ2) is 6.51. The van der Waals surface area contributed by atoms with Gasteiger partial charge in [0.1, 0.15) is 0 Å². The van der Waals surface area contributed by atoms with E-state index in [0.29, 0.717) is 5.56 Å². The normalized spacial score (nSPS) is 11.2. The van der Waals surface area contributed by atoms with Gasteiger partial charge in [0, 0.05) is 42.6 Å². The molecule has 0 aliphatic carbocycles. The second-order valence-electron chi connectivity index (χ2n) is 6.17. The summed E-state index contributed by atoms with van der Waals surface area (Å²) in [5, 5.41) is 5.10. The van der Waals surface area contributed by atoms with E-state index in [9.17, 15) is 4.79 Å². The monoisotopic (exact) mass is 346 g/mol. The van der Waals surface area contributed by atoms with Crippen molar-refractivity contribution in [2.45, 2.75) is 19.9 Å². The minimum absolute atomic E-state index is 0.00676. The Morgan fingerprint density at radius 2 is 2.00 bits per heavy atom. The number of Topliss-reactive ketones (excluding diaryl/α,β-unsaturated/α-hetero) is 1. The number of rotatable bonds is 5. The van der Waals surface area contributed by atoms with Crippen molar-refractivity contribution in [1.29, 1.82) is 0 Å². The lowest BCUT2D eigenvalue weighted by Gasteiger charge is -2.05. The summed E-state index contributed by atoms with van der Waals surface area (Å²) < 4.78 is 3.69. The second-order valence-corrected chi connectivity index (χ2v) is 6.17. The third-order valence-electron chi connectivity index (χ3n) is 4.36. The molecule has 0 atom stereocenters. The molecule has 0 bridgehead atoms. The minimum Gasteiger partial charge on any atom is -0.334 e. The van der Waals surface area contributed by atoms with Gasteiger partial charge in [-0.25, -0.2) is 4.98 Å². The third-order valence-corrected chi connectivity index (χ3v) is 4.36. The zero-order chi connectivity index (χ0) is 18.1. The highest BCUT2D eigenvalue weighted by atomic mass is 16.1. The van der Waals surface area contributed by atoms with Gasteiger partial charge in [-0.05, 0) is 19.1 Å². The molecule has 0 radical (unpaired) electrons. The van der Waals surface area contributed by atoms with Crippen molar-refractivity contribution in [2.75, 3.05) is 0 Å². The fourth-order valence-electron chi connectivity index (χ4n) is 2.90. The van der Waals surface area contributed by atoms with E-state index >= 15 is 0 Å². The van der Waals surface area contributed by atoms with E-state index in [0.717, 1.165) is 34.4 Å². The van der Waals surface area contributed by atoms with E-state index in [-0.39, 0.29) is 12.2 Å². The molecule has 4 aromatic heterocycles. The highest BCUT2D eigenvalue weighted by Crippen LogP contribution is 2.22. The van der Waals surface area contributed by atoms with Gasteiger partial charge in [0.2, 0.25) is 0 Å². The van der Waals surface area contributed by atoms with Gasteiger partial charge in [0.05, 0.1) is 48.1 Å². The van der Waals surface area contributed by atoms with Crippen LogP contribution in [0.2, 0.25) is 0 Å². The summed E-state index contributed by atoms with van der Waals surface area (Å²) in [6.45, 7) is 2.73. The molecule has 0 unspecified atom stereocenters. The predicted molar refractivity (Wildman–Crippen MR) is 97.7 cm³/mol. The number of pyridine rings is 2. The Morgan fingerprint density at radius 1 is 1.12 bits per heavy atom. The van der Waals surface area contributed by atoms with E-state index in [1.165, 1.54) is 0 Å². The maximum absolute atomic E-state index is 12.5. The largest absolute Gasteiger partial charge is 0.334 e. The number of hydrogen-bond donors (Lipinski definition) is 0. The van der Waals surface area contributed by atoms with Gasteiger partial charge < -0.3 is 4.57 Å². The lowest BCUT2D eigenvalue weighted by atomic mass is 10.1. The predicted octanol–water partition coefficient (Wildman–Crippen LogP) is 2.67. The van der Waals surface area contributed by atoms with Crippen LogP contribution in [0.25, 0.3) is 22.2 Å². The quantitative estimate of drug-likeness (QED) is 0.519. The molecular formula is C19H18N6O. The van der Waals surface area contributed by atoms with Crippen LogP contribution in [-0.4, -0.2) is 35.1 Å². The molecule has 4 heterocycles. The van der Waals surface area contributed by atoms with Crippen LogP contribution in [-0.2, 0) is 20.0 Å². The highest BCUT2D eigenvalue weighted by Gasteiger charge is 2.12. The molecule has 4 aromatic rings. The van der Waals surface area contributed by atoms with E-state index in [1.807, 2.05) is 36.9 Å². The fraction of sp³-hybridized carbons (Fsp3) is 0.211. The minimum atomic E-state index is 0.00676. The Morgan fingerprint density at radius 3 is 2.73 bits per heavy atom. The van der Waals surface area contributed by atoms with Gasteiger partial charge in [-0.2, -0.15) is 5.10 Å². The summed E-state index contributed by atoms with van der Waals surface area (Å²) in [6.07, 6.45) is 10.7. The van der Waals surface area contributed by atoms with Crippen molar-refractivity contribution in [2.24, 2.45) is 7.05 Å². The number of ketones is 1. The van der Waals surface area contributed by atoms with E-state index < -0.39 is 0 Å². The number of hydrogen-bond acceptors (Lipinski definition) is 5. The number of aryl methyl sites for hydroxylation is 2. The lowest BCUT2D eigenvalue weighted by Crippen LogP contribution is -2.04. The molecule has 0 aliphatic heterocycles. The van der Waals surface area contributed by atoms with Crippen LogP contribution in [0.3, 0.4) is 0 Å². The van der Waals surface area contributed by atoms with Crippen molar-refractivity contribution in [1.82, 2.24) is 29.3 Å². The number of carbonyl (C=O) groups excluding carboxylic acids is 1. The molecule has 0 fully saturated rings. The van der Waals surface area contributed by atoms with Crippen LogP contribution in [0.4, 0.5) is 0 Å². The summed E-state index contributed by atoms with van der Waals surface area (Å²) in [4.78, 5) is 25.5. The SMILES string of the molecule is CCn1cc(C(=O)Cc2cc3cc(-c4cncn4C)cnc3cn2)cn1. The van der Waals surface area contributed by atoms with Gasteiger partial charge in [-0.3, -0.25) is 19.4 Å². The summed E-state index contributed by atoms with van der Waals surface area (Å²) >= 11 is 0. The maximum atomic E-state index is 12.5. The third kappa shape index (κ3) is 2.99. The van der Waals surface area contributed by atoms with Crippen molar-refractivity contribution in [3.8, 4) is 11.3 Å². The molecule has 7 nitrogen and oxygen atoms in total. The summed E-state index contributed by atoms with van der Waals surface area (Å²) in [6, 6.07) is 3.97. The van der Waals surface area contributed by atoms with Crippen LogP contribution in [0.5, 0.6) is 0 Å². The van der Waals surface area contributed by atoms with Crippen LogP contribution in [0.1, 0.15) is 23.0 Å². The molecule has 4 rings (SSSR count). The van der Waals surface area contributed by atoms with Gasteiger partial charge in [0.15, 0.2) is 5.78 Å². The zero-order valence-corrected chi connectivity index (χ0v) is 14.6. The van der Waals surface area contributed by atoms with Gasteiger partial charge in [-0.1, -0.05) is 0 Å². The van der Waals surface area contributed by atoms with Crippen LogP contribution in [0, 0.1) is 0 Å². The number of nitrogens with zero attached hydrogens (tertiary/aromatic N) is 6. The van der Waals surface area contributed by atoms with Crippen molar-refractivity contribution < 1.29 is 4.79 Å². The molecule has 130 valence electrons. The van der Waals surface area contributed by atoms with Gasteiger partial charge >= 0.3 is 0 Å². The van der Waals surface area contributed by atoms with E-state index in [1.54, 1.807) is 35.8 Å². The lowest BCUT2D eigenvalue weighted by molar-refractivity contribution is 0.0992. The van der Waals surface area contributed by atoms with Crippen molar-refractivity contribution >= 4 is 16.7 Å². The maximum Gasteiger partial charge on any atom is 0.171 e. The molecule has 0 amide bonds. The number of imidazole rings is 1. The Labute approximate surface area is 150 Å². The molecule has 0 saturated carbocycles. The van der Waals surface area contributed by atoms with Crippen molar-refractivity contribution in [3.63, 3.8) is 0 Å². The van der Waals surface area contributed by atoms with E-state index in [2.05, 4.69) is 20.1 Å². The smallest absolute Gasteiger partial charge is 0.171 e. The molecular weight excluding hydrogens is 328 g/mol. The summed E-state index contributed by atoms with van der Waals surface area (Å²) in [5.74, 6) is 0.00676. The average molecular weight is 346 g/mol. The Hall–Kier alpha value is -3.35. The first kappa shape index (κ1) is 16.1. The Kier molecular flexibility index (Phi) is 4.04. The molecule has 26 heavy (non-hydrogen) atoms. The number of fused-ring (bicyclic) bond motifs is 1. The summed E-state index contributed by atoms with van der Waals surface area (Å²) in [7, 11) is 1.94. The van der Waals surface area contributed by atoms with Gasteiger partial charge in [-0.15, -0.1) is 0 Å². The Bertz CT molecular complexity index is 1090. The zero-order valence-electron chi connectivity index (χ0n) is 14.6. The number of aromatic nitrogens is 6. The molecule has 0 saturated heterocycles. The summed E-state index contributed by atoms with van der Waals surface area (Å²) in [5.41, 5.74) is 4.09. The first-order chi connectivity index (χ1) is 12.6. The molecule has 7 heteroatoms. The Balaban J connectivity index is 1.64. The average Bonchev–Trinajstić information content (AvgIpc) is 3.30. The molecule has 0 aliphatic rings. The molecule has 0 aromatic carbocycles. The van der Waals surface area contributed by atoms with Crippen LogP contribution in [0.15, 0.2) is 49.4 Å². The highest BCUT2D eigenvalue weighted by molar-refractivity contribution is 5.97. The standard InChI is InChI=1S/C19H18N6O/c1-3-25-11-15(8-23-25)19(26)6-16-5-13-4-14(7-22-17(13)9-21-16)18-10-20-12-24(18)2/h4-5,7-12H,3,6H2,1-2H3. The van der Waals surface area contributed by atoms with Crippen molar-refractivity contribution in [3.05, 3.63) is 60.7 Å². The number of carbonyl (C=O) groups is 1. The van der Waals surface area contributed by atoms with E-state index in [4.69, 9.17) is 0 Å². The fourth-order valence-corrected chi connectivity index (χ4v) is 2.90. The van der Waals surface area contributed by atoms with Gasteiger partial charge in [0.25, 0.3) is 0 Å². The first-order valence-corrected chi connectivity index (χ1v) is 8.41. The van der Waals surface area contributed by atoms with Crippen LogP contribution < -0.4 is 0 Å². The van der Waals surface area contributed by atoms with Crippen LogP contribution >= 0.6 is 0 Å². The molecule has 0 N–H and O–H groups in total. The first-order valence-electron chi connectivity index (χ1n) is 8.41. The molecule has 0 spiro atoms.